The lowest BCUT2D eigenvalue weighted by Gasteiger charge is -2.30. The fraction of sp³-hybridized carbons (Fsp3) is 0.769. The van der Waals surface area contributed by atoms with Crippen molar-refractivity contribution >= 4 is 10.2 Å². The lowest BCUT2D eigenvalue weighted by Crippen LogP contribution is -2.47. The molecule has 1 aromatic rings. The van der Waals surface area contributed by atoms with Gasteiger partial charge in [-0.05, 0) is 12.5 Å². The second-order valence-electron chi connectivity index (χ2n) is 5.65. The number of nitrogens with zero attached hydrogens (tertiary/aromatic N) is 3. The molecule has 2 N–H and O–H groups in total. The Hall–Kier alpha value is -1.00. The SMILES string of the molecule is O=S(=O)(N1CCOCC1)N1CC[C@@H](c2cc(CCO)[nH]n2)C1. The van der Waals surface area contributed by atoms with Gasteiger partial charge in [0.1, 0.15) is 0 Å². The Bertz CT molecular complexity index is 597. The maximum Gasteiger partial charge on any atom is 0.282 e. The van der Waals surface area contributed by atoms with Crippen LogP contribution in [-0.4, -0.2) is 78.3 Å². The summed E-state index contributed by atoms with van der Waals surface area (Å²) in [6, 6.07) is 1.92. The van der Waals surface area contributed by atoms with E-state index >= 15 is 0 Å². The second kappa shape index (κ2) is 6.63. The van der Waals surface area contributed by atoms with Gasteiger partial charge in [-0.3, -0.25) is 5.10 Å². The zero-order chi connectivity index (χ0) is 15.6. The fourth-order valence-electron chi connectivity index (χ4n) is 2.96. The first kappa shape index (κ1) is 15.9. The maximum atomic E-state index is 12.6. The Balaban J connectivity index is 1.65. The van der Waals surface area contributed by atoms with Crippen LogP contribution in [0, 0.1) is 0 Å². The molecule has 22 heavy (non-hydrogen) atoms. The molecule has 9 heteroatoms. The monoisotopic (exact) mass is 330 g/mol. The molecule has 2 saturated heterocycles. The highest BCUT2D eigenvalue weighted by Crippen LogP contribution is 2.29. The molecule has 2 fully saturated rings. The van der Waals surface area contributed by atoms with E-state index in [1.54, 1.807) is 4.31 Å². The van der Waals surface area contributed by atoms with E-state index in [0.717, 1.165) is 17.8 Å². The summed E-state index contributed by atoms with van der Waals surface area (Å²) in [5, 5.41) is 16.1. The quantitative estimate of drug-likeness (QED) is 0.745. The van der Waals surface area contributed by atoms with Crippen molar-refractivity contribution in [2.75, 3.05) is 46.0 Å². The molecule has 3 rings (SSSR count). The largest absolute Gasteiger partial charge is 0.396 e. The molecule has 0 radical (unpaired) electrons. The number of ether oxygens (including phenoxy) is 1. The van der Waals surface area contributed by atoms with Crippen LogP contribution in [0.25, 0.3) is 0 Å². The average molecular weight is 330 g/mol. The number of morpholine rings is 1. The number of rotatable bonds is 5. The van der Waals surface area contributed by atoms with Gasteiger partial charge >= 0.3 is 0 Å². The van der Waals surface area contributed by atoms with Gasteiger partial charge in [0.2, 0.25) is 0 Å². The second-order valence-corrected chi connectivity index (χ2v) is 7.58. The highest BCUT2D eigenvalue weighted by atomic mass is 32.2. The number of hydrogen-bond acceptors (Lipinski definition) is 5. The molecule has 0 aliphatic carbocycles. The van der Waals surface area contributed by atoms with Crippen molar-refractivity contribution in [1.82, 2.24) is 18.8 Å². The van der Waals surface area contributed by atoms with Crippen LogP contribution in [0.3, 0.4) is 0 Å². The van der Waals surface area contributed by atoms with E-state index in [1.165, 1.54) is 4.31 Å². The van der Waals surface area contributed by atoms with Gasteiger partial charge in [-0.2, -0.15) is 22.1 Å². The van der Waals surface area contributed by atoms with Crippen LogP contribution < -0.4 is 0 Å². The highest BCUT2D eigenvalue weighted by molar-refractivity contribution is 7.86. The number of aromatic amines is 1. The lowest BCUT2D eigenvalue weighted by molar-refractivity contribution is 0.0705. The topological polar surface area (TPSA) is 98.8 Å². The van der Waals surface area contributed by atoms with Crippen LogP contribution >= 0.6 is 0 Å². The molecule has 2 aliphatic rings. The zero-order valence-electron chi connectivity index (χ0n) is 12.4. The smallest absolute Gasteiger partial charge is 0.282 e. The summed E-state index contributed by atoms with van der Waals surface area (Å²) in [6.45, 7) is 2.82. The summed E-state index contributed by atoms with van der Waals surface area (Å²) in [7, 11) is -3.40. The molecule has 8 nitrogen and oxygen atoms in total. The first-order valence-corrected chi connectivity index (χ1v) is 8.99. The van der Waals surface area contributed by atoms with Gasteiger partial charge in [0.05, 0.1) is 18.9 Å². The van der Waals surface area contributed by atoms with Crippen LogP contribution in [0.2, 0.25) is 0 Å². The van der Waals surface area contributed by atoms with Crippen molar-refractivity contribution in [1.29, 1.82) is 0 Å². The third kappa shape index (κ3) is 3.18. The molecular weight excluding hydrogens is 308 g/mol. The molecule has 0 bridgehead atoms. The van der Waals surface area contributed by atoms with Gasteiger partial charge in [-0.15, -0.1) is 0 Å². The molecule has 3 heterocycles. The van der Waals surface area contributed by atoms with Crippen molar-refractivity contribution in [2.24, 2.45) is 0 Å². The maximum absolute atomic E-state index is 12.6. The lowest BCUT2D eigenvalue weighted by atomic mass is 10.0. The van der Waals surface area contributed by atoms with Gasteiger partial charge in [-0.1, -0.05) is 0 Å². The summed E-state index contributed by atoms with van der Waals surface area (Å²) >= 11 is 0. The number of aliphatic hydroxyl groups is 1. The predicted molar refractivity (Wildman–Crippen MR) is 79.6 cm³/mol. The zero-order valence-corrected chi connectivity index (χ0v) is 13.3. The van der Waals surface area contributed by atoms with Gasteiger partial charge in [0, 0.05) is 50.8 Å². The summed E-state index contributed by atoms with van der Waals surface area (Å²) in [5.74, 6) is 0.111. The summed E-state index contributed by atoms with van der Waals surface area (Å²) in [5.41, 5.74) is 1.76. The van der Waals surface area contributed by atoms with Gasteiger partial charge < -0.3 is 9.84 Å². The Labute approximate surface area is 130 Å². The van der Waals surface area contributed by atoms with Crippen LogP contribution in [0.15, 0.2) is 6.07 Å². The van der Waals surface area contributed by atoms with Gasteiger partial charge in [-0.25, -0.2) is 0 Å². The number of hydrogen-bond donors (Lipinski definition) is 2. The molecule has 0 saturated carbocycles. The summed E-state index contributed by atoms with van der Waals surface area (Å²) in [4.78, 5) is 0. The number of aromatic nitrogens is 2. The minimum Gasteiger partial charge on any atom is -0.396 e. The van der Waals surface area contributed by atoms with Crippen molar-refractivity contribution in [3.8, 4) is 0 Å². The Morgan fingerprint density at radius 1 is 1.32 bits per heavy atom. The standard InChI is InChI=1S/C13H22N4O4S/c18-6-2-12-9-13(15-14-12)11-1-3-17(10-11)22(19,20)16-4-7-21-8-5-16/h9,11,18H,1-8,10H2,(H,14,15)/t11-/m1/s1. The minimum atomic E-state index is -3.40. The van der Waals surface area contributed by atoms with Gasteiger partial charge in [0.15, 0.2) is 0 Å². The van der Waals surface area contributed by atoms with E-state index in [9.17, 15) is 8.42 Å². The highest BCUT2D eigenvalue weighted by Gasteiger charge is 2.37. The summed E-state index contributed by atoms with van der Waals surface area (Å²) in [6.07, 6.45) is 1.31. The van der Waals surface area contributed by atoms with E-state index in [2.05, 4.69) is 10.2 Å². The molecule has 0 amide bonds. The molecule has 1 aromatic heterocycles. The molecular formula is C13H22N4O4S. The Morgan fingerprint density at radius 3 is 2.82 bits per heavy atom. The first-order chi connectivity index (χ1) is 10.6. The Morgan fingerprint density at radius 2 is 2.09 bits per heavy atom. The van der Waals surface area contributed by atoms with E-state index in [-0.39, 0.29) is 12.5 Å². The third-order valence-electron chi connectivity index (χ3n) is 4.22. The van der Waals surface area contributed by atoms with E-state index in [4.69, 9.17) is 9.84 Å². The van der Waals surface area contributed by atoms with Crippen LogP contribution in [-0.2, 0) is 21.4 Å². The molecule has 0 spiro atoms. The van der Waals surface area contributed by atoms with Crippen LogP contribution in [0.5, 0.6) is 0 Å². The van der Waals surface area contributed by atoms with Crippen LogP contribution in [0.1, 0.15) is 23.7 Å². The molecule has 0 aromatic carbocycles. The summed E-state index contributed by atoms with van der Waals surface area (Å²) < 4.78 is 33.5. The van der Waals surface area contributed by atoms with Crippen molar-refractivity contribution in [2.45, 2.75) is 18.8 Å². The molecule has 0 unspecified atom stereocenters. The Kier molecular flexibility index (Phi) is 4.79. The predicted octanol–water partition coefficient (Wildman–Crippen LogP) is -0.689. The number of H-pyrrole nitrogens is 1. The van der Waals surface area contributed by atoms with Crippen molar-refractivity contribution in [3.05, 3.63) is 17.5 Å². The number of nitrogens with one attached hydrogen (secondary N) is 1. The third-order valence-corrected chi connectivity index (χ3v) is 6.23. The first-order valence-electron chi connectivity index (χ1n) is 7.59. The van der Waals surface area contributed by atoms with E-state index in [1.807, 2.05) is 6.07 Å². The average Bonchev–Trinajstić information content (AvgIpc) is 3.17. The molecule has 1 atom stereocenters. The van der Waals surface area contributed by atoms with Crippen LogP contribution in [0.4, 0.5) is 0 Å². The fourth-order valence-corrected chi connectivity index (χ4v) is 4.60. The minimum absolute atomic E-state index is 0.0732. The number of aliphatic hydroxyl groups excluding tert-OH is 1. The molecule has 2 aliphatic heterocycles. The van der Waals surface area contributed by atoms with E-state index in [0.29, 0.717) is 45.8 Å². The molecule has 124 valence electrons. The van der Waals surface area contributed by atoms with Crippen molar-refractivity contribution in [3.63, 3.8) is 0 Å². The van der Waals surface area contributed by atoms with E-state index < -0.39 is 10.2 Å². The van der Waals surface area contributed by atoms with Gasteiger partial charge in [0.25, 0.3) is 10.2 Å². The van der Waals surface area contributed by atoms with Crippen molar-refractivity contribution < 1.29 is 18.3 Å². The normalized spacial score (nSPS) is 24.9.